The van der Waals surface area contributed by atoms with E-state index in [9.17, 15) is 0 Å². The van der Waals surface area contributed by atoms with Crippen LogP contribution in [-0.4, -0.2) is 9.55 Å². The molecule has 2 aromatic rings. The first-order valence-electron chi connectivity index (χ1n) is 7.05. The van der Waals surface area contributed by atoms with Gasteiger partial charge in [-0.3, -0.25) is 0 Å². The fraction of sp³-hybridized carbons (Fsp3) is 0.533. The van der Waals surface area contributed by atoms with Crippen LogP contribution in [0.15, 0.2) is 18.2 Å². The lowest BCUT2D eigenvalue weighted by Crippen LogP contribution is -2.08. The third kappa shape index (κ3) is 2.46. The van der Waals surface area contributed by atoms with Gasteiger partial charge in [-0.15, -0.1) is 0 Å². The molecule has 1 heterocycles. The molecule has 1 aliphatic rings. The van der Waals surface area contributed by atoms with Gasteiger partial charge in [-0.1, -0.05) is 37.4 Å². The number of hydrogen-bond donors (Lipinski definition) is 1. The summed E-state index contributed by atoms with van der Waals surface area (Å²) in [6.07, 6.45) is 6.36. The molecule has 2 unspecified atom stereocenters. The Labute approximate surface area is 123 Å². The maximum absolute atomic E-state index is 6.25. The molecule has 2 nitrogen and oxygen atoms in total. The number of aromatic nitrogens is 2. The highest BCUT2D eigenvalue weighted by atomic mass is 35.5. The molecule has 3 rings (SSSR count). The summed E-state index contributed by atoms with van der Waals surface area (Å²) in [7, 11) is 0. The van der Waals surface area contributed by atoms with Crippen molar-refractivity contribution in [1.29, 1.82) is 0 Å². The van der Waals surface area contributed by atoms with E-state index in [4.69, 9.17) is 23.8 Å². The minimum Gasteiger partial charge on any atom is -0.329 e. The van der Waals surface area contributed by atoms with Gasteiger partial charge in [-0.2, -0.15) is 0 Å². The van der Waals surface area contributed by atoms with Gasteiger partial charge in [0.05, 0.1) is 16.1 Å². The first-order valence-corrected chi connectivity index (χ1v) is 7.84. The van der Waals surface area contributed by atoms with E-state index in [0.29, 0.717) is 6.04 Å². The van der Waals surface area contributed by atoms with E-state index in [0.717, 1.165) is 26.7 Å². The van der Waals surface area contributed by atoms with Gasteiger partial charge in [0, 0.05) is 6.04 Å². The number of fused-ring (bicyclic) bond motifs is 1. The Morgan fingerprint density at radius 1 is 1.26 bits per heavy atom. The van der Waals surface area contributed by atoms with Crippen molar-refractivity contribution < 1.29 is 0 Å². The zero-order valence-electron chi connectivity index (χ0n) is 11.2. The van der Waals surface area contributed by atoms with E-state index >= 15 is 0 Å². The minimum atomic E-state index is 0.518. The van der Waals surface area contributed by atoms with Crippen molar-refractivity contribution >= 4 is 34.9 Å². The summed E-state index contributed by atoms with van der Waals surface area (Å²) >= 11 is 11.8. The Hall–Kier alpha value is -0.800. The van der Waals surface area contributed by atoms with Crippen LogP contribution in [0, 0.1) is 10.7 Å². The normalized spacial score (nSPS) is 24.5. The topological polar surface area (TPSA) is 20.7 Å². The van der Waals surface area contributed by atoms with E-state index in [1.54, 1.807) is 0 Å². The molecule has 0 amide bonds. The largest absolute Gasteiger partial charge is 0.329 e. The van der Waals surface area contributed by atoms with Gasteiger partial charge in [0.15, 0.2) is 4.77 Å². The second kappa shape index (κ2) is 5.29. The summed E-state index contributed by atoms with van der Waals surface area (Å²) in [5.41, 5.74) is 2.13. The summed E-state index contributed by atoms with van der Waals surface area (Å²) in [6, 6.07) is 6.55. The number of rotatable bonds is 1. The van der Waals surface area contributed by atoms with Crippen LogP contribution in [0.5, 0.6) is 0 Å². The Morgan fingerprint density at radius 3 is 2.95 bits per heavy atom. The third-order valence-corrected chi connectivity index (χ3v) is 4.91. The molecule has 1 fully saturated rings. The van der Waals surface area contributed by atoms with Crippen molar-refractivity contribution in [3.8, 4) is 0 Å². The number of nitrogens with zero attached hydrogens (tertiary/aromatic N) is 1. The Kier molecular flexibility index (Phi) is 3.68. The molecule has 0 aliphatic heterocycles. The maximum Gasteiger partial charge on any atom is 0.178 e. The molecular formula is C15H19ClN2S. The molecule has 1 aliphatic carbocycles. The number of benzene rings is 1. The predicted octanol–water partition coefficient (Wildman–Crippen LogP) is 5.49. The average Bonchev–Trinajstić information content (AvgIpc) is 2.57. The lowest BCUT2D eigenvalue weighted by atomic mass is 10.0. The van der Waals surface area contributed by atoms with Crippen LogP contribution in [0.2, 0.25) is 5.02 Å². The standard InChI is InChI=1S/C15H19ClN2S/c1-10-4-2-5-11(9-8-10)18-13-7-3-6-12(16)14(13)17-15(18)19/h3,6-7,10-11H,2,4-5,8-9H2,1H3,(H,17,19). The molecule has 1 aromatic heterocycles. The SMILES string of the molecule is CC1CCCC(n2c(=S)[nH]c3c(Cl)cccc32)CC1. The van der Waals surface area contributed by atoms with Crippen molar-refractivity contribution in [3.05, 3.63) is 28.0 Å². The number of H-pyrrole nitrogens is 1. The summed E-state index contributed by atoms with van der Waals surface area (Å²) in [6.45, 7) is 2.35. The summed E-state index contributed by atoms with van der Waals surface area (Å²) in [5, 5.41) is 0.754. The molecule has 1 N–H and O–H groups in total. The number of aromatic amines is 1. The second-order valence-electron chi connectivity index (χ2n) is 5.70. The summed E-state index contributed by atoms with van der Waals surface area (Å²) in [5.74, 6) is 0.841. The average molecular weight is 295 g/mol. The van der Waals surface area contributed by atoms with E-state index in [1.165, 1.54) is 32.1 Å². The first kappa shape index (κ1) is 13.2. The van der Waals surface area contributed by atoms with Crippen molar-refractivity contribution in [2.24, 2.45) is 5.92 Å². The van der Waals surface area contributed by atoms with Crippen molar-refractivity contribution in [3.63, 3.8) is 0 Å². The van der Waals surface area contributed by atoms with Gasteiger partial charge in [0.2, 0.25) is 0 Å². The van der Waals surface area contributed by atoms with E-state index in [2.05, 4.69) is 22.5 Å². The lowest BCUT2D eigenvalue weighted by molar-refractivity contribution is 0.438. The van der Waals surface area contributed by atoms with Crippen LogP contribution in [0.1, 0.15) is 45.1 Å². The van der Waals surface area contributed by atoms with E-state index in [-0.39, 0.29) is 0 Å². The highest BCUT2D eigenvalue weighted by molar-refractivity contribution is 7.71. The number of halogens is 1. The van der Waals surface area contributed by atoms with Crippen LogP contribution < -0.4 is 0 Å². The van der Waals surface area contributed by atoms with Crippen LogP contribution in [-0.2, 0) is 0 Å². The summed E-state index contributed by atoms with van der Waals surface area (Å²) < 4.78 is 3.09. The van der Waals surface area contributed by atoms with Crippen molar-refractivity contribution in [1.82, 2.24) is 9.55 Å². The molecule has 0 saturated heterocycles. The number of nitrogens with one attached hydrogen (secondary N) is 1. The molecule has 1 saturated carbocycles. The zero-order valence-corrected chi connectivity index (χ0v) is 12.7. The van der Waals surface area contributed by atoms with Gasteiger partial charge in [0.1, 0.15) is 0 Å². The molecule has 0 radical (unpaired) electrons. The van der Waals surface area contributed by atoms with Crippen LogP contribution in [0.4, 0.5) is 0 Å². The molecule has 19 heavy (non-hydrogen) atoms. The van der Waals surface area contributed by atoms with Gasteiger partial charge in [-0.05, 0) is 49.5 Å². The lowest BCUT2D eigenvalue weighted by Gasteiger charge is -2.17. The van der Waals surface area contributed by atoms with Crippen LogP contribution in [0.25, 0.3) is 11.0 Å². The van der Waals surface area contributed by atoms with Gasteiger partial charge < -0.3 is 9.55 Å². The van der Waals surface area contributed by atoms with Crippen molar-refractivity contribution in [2.45, 2.75) is 45.1 Å². The van der Waals surface area contributed by atoms with E-state index < -0.39 is 0 Å². The number of hydrogen-bond acceptors (Lipinski definition) is 1. The highest BCUT2D eigenvalue weighted by Gasteiger charge is 2.20. The Morgan fingerprint density at radius 2 is 2.11 bits per heavy atom. The smallest absolute Gasteiger partial charge is 0.178 e. The molecule has 0 bridgehead atoms. The predicted molar refractivity (Wildman–Crippen MR) is 83.4 cm³/mol. The number of para-hydroxylation sites is 1. The zero-order chi connectivity index (χ0) is 13.4. The summed E-state index contributed by atoms with van der Waals surface area (Å²) in [4.78, 5) is 3.27. The molecule has 0 spiro atoms. The van der Waals surface area contributed by atoms with Gasteiger partial charge in [-0.25, -0.2) is 0 Å². The Balaban J connectivity index is 2.07. The first-order chi connectivity index (χ1) is 9.16. The van der Waals surface area contributed by atoms with Crippen molar-refractivity contribution in [2.75, 3.05) is 0 Å². The molecule has 2 atom stereocenters. The molecule has 102 valence electrons. The van der Waals surface area contributed by atoms with Gasteiger partial charge >= 0.3 is 0 Å². The molecular weight excluding hydrogens is 276 g/mol. The quantitative estimate of drug-likeness (QED) is 0.544. The highest BCUT2D eigenvalue weighted by Crippen LogP contribution is 2.34. The fourth-order valence-corrected chi connectivity index (χ4v) is 3.77. The second-order valence-corrected chi connectivity index (χ2v) is 6.50. The monoisotopic (exact) mass is 294 g/mol. The Bertz CT molecular complexity index is 643. The fourth-order valence-electron chi connectivity index (χ4n) is 3.20. The molecule has 4 heteroatoms. The third-order valence-electron chi connectivity index (χ3n) is 4.29. The van der Waals surface area contributed by atoms with Gasteiger partial charge in [0.25, 0.3) is 0 Å². The number of imidazole rings is 1. The molecule has 1 aromatic carbocycles. The van der Waals surface area contributed by atoms with Crippen LogP contribution in [0.3, 0.4) is 0 Å². The minimum absolute atomic E-state index is 0.518. The maximum atomic E-state index is 6.25. The van der Waals surface area contributed by atoms with E-state index in [1.807, 2.05) is 12.1 Å². The van der Waals surface area contributed by atoms with Crippen LogP contribution >= 0.6 is 23.8 Å².